The van der Waals surface area contributed by atoms with Crippen molar-refractivity contribution < 1.29 is 89.1 Å². The van der Waals surface area contributed by atoms with Crippen LogP contribution >= 0.6 is 0 Å². The first-order chi connectivity index (χ1) is 23.5. The molecular weight excluding hydrogens is 678 g/mol. The zero-order valence-electron chi connectivity index (χ0n) is 26.8. The Hall–Kier alpha value is -3.45. The van der Waals surface area contributed by atoms with E-state index in [1.54, 1.807) is 35.6 Å². The van der Waals surface area contributed by atoms with Crippen molar-refractivity contribution in [2.24, 2.45) is 0 Å². The summed E-state index contributed by atoms with van der Waals surface area (Å²) in [5.41, 5.74) is -1.77. The molecule has 4 rings (SSSR count). The third-order valence-electron chi connectivity index (χ3n) is 9.12. The second-order valence-electron chi connectivity index (χ2n) is 12.2. The van der Waals surface area contributed by atoms with E-state index in [4.69, 9.17) is 28.8 Å². The fraction of sp³-hybridized carbons (Fsp3) is 0.690. The number of hydrogen-bond donors (Lipinski definition) is 12. The van der Waals surface area contributed by atoms with Crippen LogP contribution in [0.1, 0.15) is 12.5 Å². The average Bonchev–Trinajstić information content (AvgIpc) is 3.31. The number of nitrogens with zero attached hydrogens (tertiary/aromatic N) is 1. The smallest absolute Gasteiger partial charge is 0.410 e. The summed E-state index contributed by atoms with van der Waals surface area (Å²) in [4.78, 5) is 36.9. The number of hydrogen-bond acceptors (Lipinski definition) is 16. The first-order valence-electron chi connectivity index (χ1n) is 15.4. The maximum absolute atomic E-state index is 13.1. The van der Waals surface area contributed by atoms with Gasteiger partial charge in [0.15, 0.2) is 12.6 Å². The average molecular weight is 722 g/mol. The summed E-state index contributed by atoms with van der Waals surface area (Å²) >= 11 is 0. The molecule has 21 heteroatoms. The number of carbonyl (C=O) groups excluding carboxylic acids is 1. The second kappa shape index (κ2) is 16.3. The zero-order valence-corrected chi connectivity index (χ0v) is 26.8. The molecule has 2 saturated heterocycles. The number of carbonyl (C=O) groups is 3. The number of rotatable bonds is 11. The van der Waals surface area contributed by atoms with Crippen LogP contribution in [0.5, 0.6) is 0 Å². The highest BCUT2D eigenvalue weighted by molar-refractivity contribution is 5.68. The Morgan fingerprint density at radius 3 is 2.04 bits per heavy atom. The lowest BCUT2D eigenvalue weighted by Crippen LogP contribution is -2.73. The maximum Gasteiger partial charge on any atom is 0.410 e. The number of ether oxygens (including phenoxy) is 5. The van der Waals surface area contributed by atoms with Gasteiger partial charge in [-0.25, -0.2) is 14.4 Å². The maximum atomic E-state index is 13.1. The summed E-state index contributed by atoms with van der Waals surface area (Å²) in [7, 11) is 1.18. The van der Waals surface area contributed by atoms with E-state index in [0.29, 0.717) is 5.56 Å². The summed E-state index contributed by atoms with van der Waals surface area (Å²) in [6.07, 6.45) is -24.8. The normalized spacial score (nSPS) is 40.1. The summed E-state index contributed by atoms with van der Waals surface area (Å²) in [6, 6.07) is 3.28. The van der Waals surface area contributed by atoms with Crippen LogP contribution in [0.15, 0.2) is 30.3 Å². The van der Waals surface area contributed by atoms with E-state index in [1.165, 1.54) is 14.0 Å². The van der Waals surface area contributed by atoms with Crippen LogP contribution in [0.4, 0.5) is 14.4 Å². The lowest BCUT2D eigenvalue weighted by Gasteiger charge is -2.48. The number of benzene rings is 1. The molecule has 1 aromatic rings. The Kier molecular flexibility index (Phi) is 12.8. The fourth-order valence-corrected chi connectivity index (χ4v) is 6.22. The molecule has 0 spiro atoms. The number of carboxylic acid groups (broad SMARTS) is 2. The van der Waals surface area contributed by atoms with Gasteiger partial charge in [-0.05, 0) is 12.5 Å². The van der Waals surface area contributed by atoms with Gasteiger partial charge in [0, 0.05) is 7.05 Å². The van der Waals surface area contributed by atoms with Crippen molar-refractivity contribution in [2.45, 2.75) is 105 Å². The van der Waals surface area contributed by atoms with E-state index in [-0.39, 0.29) is 6.61 Å². The molecule has 0 radical (unpaired) electrons. The summed E-state index contributed by atoms with van der Waals surface area (Å²) in [6.45, 7) is -0.852. The zero-order chi connectivity index (χ0) is 37.1. The molecule has 1 aromatic carbocycles. The Bertz CT molecular complexity index is 1310. The van der Waals surface area contributed by atoms with E-state index < -0.39 is 123 Å². The first-order valence-corrected chi connectivity index (χ1v) is 15.4. The predicted octanol–water partition coefficient (Wildman–Crippen LogP) is -4.33. The molecule has 50 heavy (non-hydrogen) atoms. The van der Waals surface area contributed by atoms with Gasteiger partial charge in [0.2, 0.25) is 0 Å². The third-order valence-corrected chi connectivity index (χ3v) is 9.12. The highest BCUT2D eigenvalue weighted by atomic mass is 16.8. The predicted molar refractivity (Wildman–Crippen MR) is 160 cm³/mol. The van der Waals surface area contributed by atoms with Gasteiger partial charge in [-0.1, -0.05) is 30.3 Å². The van der Waals surface area contributed by atoms with E-state index in [1.807, 2.05) is 5.32 Å². The van der Waals surface area contributed by atoms with Gasteiger partial charge >= 0.3 is 18.3 Å². The van der Waals surface area contributed by atoms with Crippen LogP contribution in [-0.4, -0.2) is 186 Å². The number of amides is 3. The van der Waals surface area contributed by atoms with E-state index in [9.17, 15) is 60.3 Å². The van der Waals surface area contributed by atoms with Crippen LogP contribution < -0.4 is 10.6 Å². The standard InChI is InChI=1S/C29H43N3O18/c1-11-29(45,10-34)23(25(47-11)49-22-15(31-27(42)43)18(36)14(30-26(40)41)19(37)21(22)39)50-24-16(20(38)17(35)13(8-33)48-24)32(2)28(44)46-9-12-6-4-3-5-7-12/h3-7,11,13-25,30-31,33-39,45H,8-10H2,1-2H3,(H,40,41)(H,42,43)/t11-,13-,14-,15+,16-,17-,18-,19+,20-,21-,22-,23-,24+,25-,29+/m0/s1. The lowest BCUT2D eigenvalue weighted by atomic mass is 9.81. The van der Waals surface area contributed by atoms with Crippen molar-refractivity contribution in [1.82, 2.24) is 15.5 Å². The van der Waals surface area contributed by atoms with Gasteiger partial charge in [-0.15, -0.1) is 0 Å². The van der Waals surface area contributed by atoms with Gasteiger partial charge < -0.3 is 90.3 Å². The number of nitrogens with one attached hydrogen (secondary N) is 2. The highest BCUT2D eigenvalue weighted by Gasteiger charge is 2.61. The van der Waals surface area contributed by atoms with Gasteiger partial charge in [-0.2, -0.15) is 0 Å². The molecule has 3 aliphatic rings. The molecule has 15 atom stereocenters. The van der Waals surface area contributed by atoms with Gasteiger partial charge in [0.25, 0.3) is 0 Å². The van der Waals surface area contributed by atoms with Crippen molar-refractivity contribution in [3.8, 4) is 0 Å². The minimum atomic E-state index is -2.39. The molecule has 2 aliphatic heterocycles. The van der Waals surface area contributed by atoms with Crippen LogP contribution in [-0.2, 0) is 30.3 Å². The van der Waals surface area contributed by atoms with Crippen LogP contribution in [0.25, 0.3) is 0 Å². The Morgan fingerprint density at radius 2 is 1.46 bits per heavy atom. The Balaban J connectivity index is 1.64. The molecule has 1 saturated carbocycles. The number of aliphatic hydroxyl groups is 8. The minimum Gasteiger partial charge on any atom is -0.465 e. The van der Waals surface area contributed by atoms with Gasteiger partial charge in [-0.3, -0.25) is 0 Å². The van der Waals surface area contributed by atoms with E-state index >= 15 is 0 Å². The Morgan fingerprint density at radius 1 is 0.840 bits per heavy atom. The van der Waals surface area contributed by atoms with Crippen LogP contribution in [0, 0.1) is 0 Å². The van der Waals surface area contributed by atoms with Gasteiger partial charge in [0.05, 0.1) is 37.5 Å². The molecule has 282 valence electrons. The minimum absolute atomic E-state index is 0.189. The summed E-state index contributed by atoms with van der Waals surface area (Å²) < 4.78 is 28.5. The quantitative estimate of drug-likeness (QED) is 0.103. The lowest BCUT2D eigenvalue weighted by molar-refractivity contribution is -0.325. The third kappa shape index (κ3) is 8.03. The van der Waals surface area contributed by atoms with Crippen molar-refractivity contribution in [2.75, 3.05) is 20.3 Å². The molecule has 0 unspecified atom stereocenters. The van der Waals surface area contributed by atoms with Crippen LogP contribution in [0.2, 0.25) is 0 Å². The number of aliphatic hydroxyl groups excluding tert-OH is 7. The molecule has 2 heterocycles. The fourth-order valence-electron chi connectivity index (χ4n) is 6.22. The molecule has 3 fully saturated rings. The largest absolute Gasteiger partial charge is 0.465 e. The summed E-state index contributed by atoms with van der Waals surface area (Å²) in [5, 5.41) is 108. The highest BCUT2D eigenvalue weighted by Crippen LogP contribution is 2.39. The van der Waals surface area contributed by atoms with Crippen molar-refractivity contribution in [3.05, 3.63) is 35.9 Å². The summed E-state index contributed by atoms with van der Waals surface area (Å²) in [5.74, 6) is 0. The topological polar surface area (TPSA) is 327 Å². The van der Waals surface area contributed by atoms with Crippen LogP contribution in [0.3, 0.4) is 0 Å². The van der Waals surface area contributed by atoms with Gasteiger partial charge in [0.1, 0.15) is 61.0 Å². The molecule has 12 N–H and O–H groups in total. The Labute approximate surface area is 284 Å². The first kappa shape index (κ1) is 39.3. The second-order valence-corrected chi connectivity index (χ2v) is 12.2. The monoisotopic (exact) mass is 721 g/mol. The van der Waals surface area contributed by atoms with E-state index in [0.717, 1.165) is 4.90 Å². The van der Waals surface area contributed by atoms with Crippen molar-refractivity contribution in [1.29, 1.82) is 0 Å². The number of likely N-dealkylation sites (N-methyl/N-ethyl adjacent to an activating group) is 1. The molecule has 21 nitrogen and oxygen atoms in total. The molecule has 3 amide bonds. The van der Waals surface area contributed by atoms with E-state index in [2.05, 4.69) is 0 Å². The van der Waals surface area contributed by atoms with Crippen molar-refractivity contribution >= 4 is 18.3 Å². The molecular formula is C29H43N3O18. The molecule has 0 bridgehead atoms. The molecule has 1 aliphatic carbocycles. The molecule has 0 aromatic heterocycles. The SMILES string of the molecule is C[C@@H]1O[C@@H](O[C@@H]2[C@@H](O)[C@H](O)[C@@H](NC(=O)O)[C@H](O)[C@H]2NC(=O)O)[C@H](O[C@H]2O[C@@H](CO)[C@H](O)[C@@H](O)[C@@H]2N(C)C(=O)OCc2ccccc2)[C@@]1(O)CO. The van der Waals surface area contributed by atoms with Crippen molar-refractivity contribution in [3.63, 3.8) is 0 Å².